The van der Waals surface area contributed by atoms with Gasteiger partial charge in [-0.3, -0.25) is 0 Å². The third kappa shape index (κ3) is 1.85. The van der Waals surface area contributed by atoms with E-state index in [0.717, 1.165) is 0 Å². The molecular weight excluding hydrogens is 160 g/mol. The van der Waals surface area contributed by atoms with Crippen molar-refractivity contribution in [2.24, 2.45) is 0 Å². The van der Waals surface area contributed by atoms with Gasteiger partial charge in [-0.05, 0) is 6.92 Å². The largest absolute Gasteiger partial charge is 0.467 e. The molecule has 0 aromatic carbocycles. The van der Waals surface area contributed by atoms with Crippen molar-refractivity contribution in [1.29, 1.82) is 0 Å². The fraction of sp³-hybridized carbons (Fsp3) is 0.375. The van der Waals surface area contributed by atoms with Gasteiger partial charge in [0.05, 0.1) is 11.8 Å². The third-order valence-electron chi connectivity index (χ3n) is 1.40. The normalized spacial score (nSPS) is 9.83. The van der Waals surface area contributed by atoms with Crippen LogP contribution >= 0.6 is 0 Å². The molecule has 1 rings (SSSR count). The van der Waals surface area contributed by atoms with Gasteiger partial charge < -0.3 is 13.9 Å². The van der Waals surface area contributed by atoms with E-state index in [0.29, 0.717) is 11.3 Å². The quantitative estimate of drug-likeness (QED) is 0.633. The molecule has 0 atom stereocenters. The van der Waals surface area contributed by atoms with Gasteiger partial charge >= 0.3 is 5.63 Å². The minimum Gasteiger partial charge on any atom is -0.467 e. The summed E-state index contributed by atoms with van der Waals surface area (Å²) in [6, 6.07) is 1.58. The molecule has 0 N–H and O–H groups in total. The minimum atomic E-state index is -0.386. The molecule has 0 amide bonds. The summed E-state index contributed by atoms with van der Waals surface area (Å²) in [6.07, 6.45) is 1.29. The molecule has 4 heteroatoms. The van der Waals surface area contributed by atoms with Crippen molar-refractivity contribution >= 4 is 0 Å². The third-order valence-corrected chi connectivity index (χ3v) is 1.40. The van der Waals surface area contributed by atoms with Gasteiger partial charge in [-0.25, -0.2) is 4.79 Å². The second-order valence-corrected chi connectivity index (χ2v) is 2.25. The first kappa shape index (κ1) is 8.80. The summed E-state index contributed by atoms with van der Waals surface area (Å²) in [5.74, 6) is 0.494. The zero-order valence-corrected chi connectivity index (χ0v) is 6.99. The lowest BCUT2D eigenvalue weighted by Gasteiger charge is -2.04. The Hall–Kier alpha value is -1.29. The fourth-order valence-corrected chi connectivity index (χ4v) is 0.750. The highest BCUT2D eigenvalue weighted by atomic mass is 16.7. The summed E-state index contributed by atoms with van der Waals surface area (Å²) in [7, 11) is 1.51. The maximum Gasteiger partial charge on any atom is 0.342 e. The molecule has 0 radical (unpaired) electrons. The number of methoxy groups -OCH3 is 1. The molecule has 0 aliphatic heterocycles. The van der Waals surface area contributed by atoms with Crippen LogP contribution in [0.25, 0.3) is 0 Å². The number of rotatable bonds is 3. The van der Waals surface area contributed by atoms with Crippen molar-refractivity contribution in [2.75, 3.05) is 13.9 Å². The van der Waals surface area contributed by atoms with Crippen LogP contribution in [0.2, 0.25) is 0 Å². The number of ether oxygens (including phenoxy) is 2. The zero-order valence-electron chi connectivity index (χ0n) is 6.99. The SMILES string of the molecule is COCOc1ccoc(=O)c1C. The molecule has 1 heterocycles. The molecule has 0 unspecified atom stereocenters. The number of hydrogen-bond acceptors (Lipinski definition) is 4. The first-order valence-electron chi connectivity index (χ1n) is 3.46. The van der Waals surface area contributed by atoms with E-state index in [1.165, 1.54) is 13.4 Å². The Morgan fingerprint density at radius 2 is 2.33 bits per heavy atom. The minimum absolute atomic E-state index is 0.129. The monoisotopic (exact) mass is 170 g/mol. The van der Waals surface area contributed by atoms with E-state index in [4.69, 9.17) is 4.74 Å². The summed E-state index contributed by atoms with van der Waals surface area (Å²) in [4.78, 5) is 10.9. The molecule has 12 heavy (non-hydrogen) atoms. The maximum atomic E-state index is 10.9. The smallest absolute Gasteiger partial charge is 0.342 e. The van der Waals surface area contributed by atoms with E-state index in [2.05, 4.69) is 9.15 Å². The molecule has 0 fully saturated rings. The van der Waals surface area contributed by atoms with Crippen molar-refractivity contribution in [3.63, 3.8) is 0 Å². The Kier molecular flexibility index (Phi) is 2.88. The van der Waals surface area contributed by atoms with Crippen LogP contribution in [0.1, 0.15) is 5.56 Å². The van der Waals surface area contributed by atoms with Gasteiger partial charge in [0.2, 0.25) is 0 Å². The lowest BCUT2D eigenvalue weighted by atomic mass is 10.3. The predicted octanol–water partition coefficient (Wildman–Crippen LogP) is 0.931. The Morgan fingerprint density at radius 3 is 3.00 bits per heavy atom. The lowest BCUT2D eigenvalue weighted by molar-refractivity contribution is 0.0501. The highest BCUT2D eigenvalue weighted by molar-refractivity contribution is 5.26. The van der Waals surface area contributed by atoms with Gasteiger partial charge in [0.1, 0.15) is 5.75 Å². The summed E-state index contributed by atoms with van der Waals surface area (Å²) in [6.45, 7) is 1.76. The van der Waals surface area contributed by atoms with Crippen molar-refractivity contribution in [1.82, 2.24) is 0 Å². The maximum absolute atomic E-state index is 10.9. The Balaban J connectivity index is 2.85. The van der Waals surface area contributed by atoms with Crippen LogP contribution in [0.15, 0.2) is 21.5 Å². The van der Waals surface area contributed by atoms with Crippen LogP contribution in [0.5, 0.6) is 5.75 Å². The average molecular weight is 170 g/mol. The molecule has 0 bridgehead atoms. The Bertz CT molecular complexity index is 302. The van der Waals surface area contributed by atoms with E-state index in [-0.39, 0.29) is 12.4 Å². The van der Waals surface area contributed by atoms with Crippen LogP contribution in [0.4, 0.5) is 0 Å². The number of hydrogen-bond donors (Lipinski definition) is 0. The van der Waals surface area contributed by atoms with E-state index in [1.54, 1.807) is 13.0 Å². The average Bonchev–Trinajstić information content (AvgIpc) is 2.08. The first-order chi connectivity index (χ1) is 5.75. The highest BCUT2D eigenvalue weighted by Crippen LogP contribution is 2.11. The van der Waals surface area contributed by atoms with Crippen molar-refractivity contribution in [3.8, 4) is 5.75 Å². The Morgan fingerprint density at radius 1 is 1.58 bits per heavy atom. The van der Waals surface area contributed by atoms with Gasteiger partial charge in [0.25, 0.3) is 0 Å². The van der Waals surface area contributed by atoms with Crippen molar-refractivity contribution in [3.05, 3.63) is 28.3 Å². The molecule has 4 nitrogen and oxygen atoms in total. The van der Waals surface area contributed by atoms with Crippen LogP contribution < -0.4 is 10.4 Å². The molecule has 0 aliphatic rings. The lowest BCUT2D eigenvalue weighted by Crippen LogP contribution is -2.07. The fourth-order valence-electron chi connectivity index (χ4n) is 0.750. The Labute approximate surface area is 69.7 Å². The predicted molar refractivity (Wildman–Crippen MR) is 42.2 cm³/mol. The molecule has 66 valence electrons. The topological polar surface area (TPSA) is 48.7 Å². The molecular formula is C8H10O4. The second-order valence-electron chi connectivity index (χ2n) is 2.25. The van der Waals surface area contributed by atoms with Crippen LogP contribution in [-0.2, 0) is 4.74 Å². The second kappa shape index (κ2) is 3.92. The first-order valence-corrected chi connectivity index (χ1v) is 3.46. The summed E-state index contributed by atoms with van der Waals surface area (Å²) in [5.41, 5.74) is 0.0677. The van der Waals surface area contributed by atoms with E-state index >= 15 is 0 Å². The summed E-state index contributed by atoms with van der Waals surface area (Å²) in [5, 5.41) is 0. The van der Waals surface area contributed by atoms with Crippen LogP contribution in [0.3, 0.4) is 0 Å². The molecule has 0 saturated heterocycles. The van der Waals surface area contributed by atoms with Gasteiger partial charge in [-0.1, -0.05) is 0 Å². The molecule has 1 aromatic rings. The molecule has 0 spiro atoms. The standard InChI is InChI=1S/C8H10O4/c1-6-7(12-5-10-2)3-4-11-8(6)9/h3-4H,5H2,1-2H3. The molecule has 1 aromatic heterocycles. The van der Waals surface area contributed by atoms with Crippen molar-refractivity contribution < 1.29 is 13.9 Å². The zero-order chi connectivity index (χ0) is 8.97. The van der Waals surface area contributed by atoms with E-state index in [9.17, 15) is 4.79 Å². The van der Waals surface area contributed by atoms with Crippen LogP contribution in [0, 0.1) is 6.92 Å². The van der Waals surface area contributed by atoms with E-state index in [1.807, 2.05) is 0 Å². The molecule has 0 aliphatic carbocycles. The van der Waals surface area contributed by atoms with Crippen molar-refractivity contribution in [2.45, 2.75) is 6.92 Å². The highest BCUT2D eigenvalue weighted by Gasteiger charge is 2.02. The summed E-state index contributed by atoms with van der Waals surface area (Å²) >= 11 is 0. The van der Waals surface area contributed by atoms with Gasteiger partial charge in [-0.15, -0.1) is 0 Å². The summed E-state index contributed by atoms with van der Waals surface area (Å²) < 4.78 is 14.4. The van der Waals surface area contributed by atoms with Crippen LogP contribution in [-0.4, -0.2) is 13.9 Å². The van der Waals surface area contributed by atoms with Gasteiger partial charge in [-0.2, -0.15) is 0 Å². The molecule has 0 saturated carbocycles. The van der Waals surface area contributed by atoms with Gasteiger partial charge in [0, 0.05) is 13.2 Å². The van der Waals surface area contributed by atoms with E-state index < -0.39 is 0 Å². The van der Waals surface area contributed by atoms with Gasteiger partial charge in [0.15, 0.2) is 6.79 Å².